The lowest BCUT2D eigenvalue weighted by Crippen LogP contribution is -2.70. The first-order valence-electron chi connectivity index (χ1n) is 15.6. The number of hydrogen-bond donors (Lipinski definition) is 2. The van der Waals surface area contributed by atoms with Crippen LogP contribution in [0.2, 0.25) is 0 Å². The van der Waals surface area contributed by atoms with E-state index < -0.39 is 106 Å². The minimum absolute atomic E-state index is 0.0845. The van der Waals surface area contributed by atoms with Crippen LogP contribution >= 0.6 is 0 Å². The smallest absolute Gasteiger partial charge is 0.240 e. The zero-order valence-corrected chi connectivity index (χ0v) is 27.9. The molecule has 1 aromatic carbocycles. The molecule has 0 spiro atoms. The molecule has 45 heavy (non-hydrogen) atoms. The van der Waals surface area contributed by atoms with E-state index in [4.69, 9.17) is 42.6 Å². The summed E-state index contributed by atoms with van der Waals surface area (Å²) in [4.78, 5) is 0.0845. The maximum atomic E-state index is 13.9. The summed E-state index contributed by atoms with van der Waals surface area (Å²) in [6, 6.07) is 5.54. The fourth-order valence-corrected chi connectivity index (χ4v) is 8.96. The van der Waals surface area contributed by atoms with Crippen molar-refractivity contribution >= 4 is 10.0 Å². The molecular weight excluding hydrogens is 610 g/mol. The molecule has 0 aromatic heterocycles. The van der Waals surface area contributed by atoms with Crippen molar-refractivity contribution in [3.05, 3.63) is 29.8 Å². The van der Waals surface area contributed by atoms with Crippen LogP contribution in [0.5, 0.6) is 0 Å². The number of ether oxygens (including phenoxy) is 9. The molecule has 4 saturated heterocycles. The van der Waals surface area contributed by atoms with Gasteiger partial charge >= 0.3 is 0 Å². The van der Waals surface area contributed by atoms with Gasteiger partial charge in [-0.25, -0.2) is 13.1 Å². The summed E-state index contributed by atoms with van der Waals surface area (Å²) in [5.41, 5.74) is 0.922. The Hall–Kier alpha value is -1.27. The molecule has 4 aliphatic heterocycles. The lowest BCUT2D eigenvalue weighted by Gasteiger charge is -2.47. The summed E-state index contributed by atoms with van der Waals surface area (Å²) in [6.07, 6.45) is -9.03. The van der Waals surface area contributed by atoms with Gasteiger partial charge in [-0.2, -0.15) is 0 Å². The Morgan fingerprint density at radius 3 is 1.49 bits per heavy atom. The van der Waals surface area contributed by atoms with Crippen molar-refractivity contribution in [3.8, 4) is 0 Å². The molecule has 2 aliphatic carbocycles. The Kier molecular flexibility index (Phi) is 7.44. The summed E-state index contributed by atoms with van der Waals surface area (Å²) in [5, 5.41) is 11.8. The Bertz CT molecular complexity index is 1410. The van der Waals surface area contributed by atoms with Gasteiger partial charge in [0.2, 0.25) is 10.0 Å². The van der Waals surface area contributed by atoms with Crippen LogP contribution in [0.15, 0.2) is 29.2 Å². The Balaban J connectivity index is 1.29. The average molecular weight is 656 g/mol. The van der Waals surface area contributed by atoms with Crippen molar-refractivity contribution in [2.75, 3.05) is 0 Å². The zero-order chi connectivity index (χ0) is 32.5. The standard InChI is InChI=1S/C31H45NO12S/c1-14-10-12-15(13-11-14)45(34,35)32-16-18(22-26(43-30(6,7)39-22)23-19(16)37-28(2,3)40-23)36-20-17(33)21-25(42-29(4,5)38-21)27-24(20)41-31(8,9)44-27/h10-13,16-27,32-33H,1-9H3/t16-,17-,18-,19+,20-,21+,22+,23+,24+,25+,26+,27+/m1/s1. The second kappa shape index (κ2) is 10.4. The zero-order valence-electron chi connectivity index (χ0n) is 27.1. The van der Waals surface area contributed by atoms with Crippen LogP contribution in [0.1, 0.15) is 61.0 Å². The van der Waals surface area contributed by atoms with Gasteiger partial charge in [0.25, 0.3) is 0 Å². The van der Waals surface area contributed by atoms with Crippen LogP contribution < -0.4 is 4.72 Å². The molecule has 0 amide bonds. The van der Waals surface area contributed by atoms with Crippen LogP contribution in [-0.4, -0.2) is 110 Å². The molecule has 7 rings (SSSR count). The molecule has 14 heteroatoms. The topological polar surface area (TPSA) is 149 Å². The molecule has 0 bridgehead atoms. The van der Waals surface area contributed by atoms with Gasteiger partial charge in [-0.1, -0.05) is 17.7 Å². The second-order valence-corrected chi connectivity index (χ2v) is 16.5. The van der Waals surface area contributed by atoms with Gasteiger partial charge in [-0.15, -0.1) is 0 Å². The molecular formula is C31H45NO12S. The summed E-state index contributed by atoms with van der Waals surface area (Å²) >= 11 is 0. The highest BCUT2D eigenvalue weighted by Crippen LogP contribution is 2.49. The molecule has 6 aliphatic rings. The van der Waals surface area contributed by atoms with Gasteiger partial charge in [0.15, 0.2) is 23.1 Å². The van der Waals surface area contributed by atoms with E-state index in [-0.39, 0.29) is 4.90 Å². The minimum atomic E-state index is -4.09. The fraction of sp³-hybridized carbons (Fsp3) is 0.806. The molecule has 0 radical (unpaired) electrons. The Morgan fingerprint density at radius 2 is 0.978 bits per heavy atom. The number of fused-ring (bicyclic) bond motifs is 6. The number of nitrogens with one attached hydrogen (secondary N) is 1. The van der Waals surface area contributed by atoms with Gasteiger partial charge in [-0.05, 0) is 74.4 Å². The predicted molar refractivity (Wildman–Crippen MR) is 155 cm³/mol. The van der Waals surface area contributed by atoms with E-state index in [1.807, 2.05) is 6.92 Å². The molecule has 6 fully saturated rings. The Labute approximate surface area is 264 Å². The first-order valence-corrected chi connectivity index (χ1v) is 17.1. The van der Waals surface area contributed by atoms with Crippen LogP contribution in [0.25, 0.3) is 0 Å². The van der Waals surface area contributed by atoms with Crippen molar-refractivity contribution in [2.24, 2.45) is 0 Å². The molecule has 2 saturated carbocycles. The van der Waals surface area contributed by atoms with Gasteiger partial charge in [0.1, 0.15) is 67.1 Å². The third-order valence-electron chi connectivity index (χ3n) is 9.27. The van der Waals surface area contributed by atoms with Crippen LogP contribution in [0, 0.1) is 6.92 Å². The summed E-state index contributed by atoms with van der Waals surface area (Å²) in [7, 11) is -4.09. The van der Waals surface area contributed by atoms with Gasteiger partial charge in [0.05, 0.1) is 10.9 Å². The van der Waals surface area contributed by atoms with Crippen LogP contribution in [-0.2, 0) is 52.7 Å². The van der Waals surface area contributed by atoms with Crippen molar-refractivity contribution < 1.29 is 56.2 Å². The van der Waals surface area contributed by atoms with Gasteiger partial charge in [-0.3, -0.25) is 0 Å². The van der Waals surface area contributed by atoms with Crippen molar-refractivity contribution in [1.82, 2.24) is 4.72 Å². The number of rotatable bonds is 5. The number of aryl methyl sites for hydroxylation is 1. The lowest BCUT2D eigenvalue weighted by atomic mass is 9.81. The lowest BCUT2D eigenvalue weighted by molar-refractivity contribution is -0.234. The minimum Gasteiger partial charge on any atom is -0.387 e. The van der Waals surface area contributed by atoms with Gasteiger partial charge in [0, 0.05) is 0 Å². The van der Waals surface area contributed by atoms with Crippen molar-refractivity contribution in [2.45, 2.75) is 164 Å². The Morgan fingerprint density at radius 1 is 0.600 bits per heavy atom. The second-order valence-electron chi connectivity index (χ2n) is 14.8. The predicted octanol–water partition coefficient (Wildman–Crippen LogP) is 1.86. The summed E-state index contributed by atoms with van der Waals surface area (Å²) in [6.45, 7) is 16.1. The quantitative estimate of drug-likeness (QED) is 0.477. The van der Waals surface area contributed by atoms with E-state index in [0.717, 1.165) is 5.56 Å². The molecule has 252 valence electrons. The highest BCUT2D eigenvalue weighted by molar-refractivity contribution is 7.89. The molecule has 0 unspecified atom stereocenters. The number of benzene rings is 1. The van der Waals surface area contributed by atoms with Crippen molar-refractivity contribution in [1.29, 1.82) is 0 Å². The highest BCUT2D eigenvalue weighted by atomic mass is 32.2. The SMILES string of the molecule is Cc1ccc(S(=O)(=O)N[C@@H]2[C@@H](O[C@@H]3[C@@H](O)[C@@H]4OC(C)(C)O[C@@H]4[C@H]4OC(C)(C)O[C@H]43)[C@@H]3OC(C)(C)O[C@@H]3[C@H]3OC(C)(C)O[C@@H]23)cc1. The van der Waals surface area contributed by atoms with E-state index in [0.29, 0.717) is 0 Å². The van der Waals surface area contributed by atoms with E-state index in [2.05, 4.69) is 4.72 Å². The van der Waals surface area contributed by atoms with E-state index in [9.17, 15) is 13.5 Å². The maximum Gasteiger partial charge on any atom is 0.240 e. The molecule has 12 atom stereocenters. The van der Waals surface area contributed by atoms with Gasteiger partial charge < -0.3 is 47.7 Å². The number of sulfonamides is 1. The third kappa shape index (κ3) is 5.68. The van der Waals surface area contributed by atoms with Crippen molar-refractivity contribution in [3.63, 3.8) is 0 Å². The molecule has 1 aromatic rings. The van der Waals surface area contributed by atoms with E-state index in [1.165, 1.54) is 0 Å². The van der Waals surface area contributed by atoms with Crippen LogP contribution in [0.4, 0.5) is 0 Å². The van der Waals surface area contributed by atoms with Crippen LogP contribution in [0.3, 0.4) is 0 Å². The number of hydrogen-bond acceptors (Lipinski definition) is 12. The third-order valence-corrected chi connectivity index (χ3v) is 10.7. The molecule has 13 nitrogen and oxygen atoms in total. The normalized spacial score (nSPS) is 45.5. The molecule has 4 heterocycles. The first-order chi connectivity index (χ1) is 20.7. The monoisotopic (exact) mass is 655 g/mol. The van der Waals surface area contributed by atoms with E-state index >= 15 is 0 Å². The average Bonchev–Trinajstić information content (AvgIpc) is 3.61. The fourth-order valence-electron chi connectivity index (χ4n) is 7.71. The first kappa shape index (κ1) is 32.3. The highest BCUT2D eigenvalue weighted by Gasteiger charge is 2.68. The van der Waals surface area contributed by atoms with E-state index in [1.54, 1.807) is 79.7 Å². The molecule has 2 N–H and O–H groups in total. The summed E-state index contributed by atoms with van der Waals surface area (Å²) < 4.78 is 88.0. The number of aliphatic hydroxyl groups is 1. The maximum absolute atomic E-state index is 13.9. The summed E-state index contributed by atoms with van der Waals surface area (Å²) in [5.74, 6) is -4.07. The number of aliphatic hydroxyl groups excluding tert-OH is 1. The largest absolute Gasteiger partial charge is 0.387 e.